The largest absolute Gasteiger partial charge is 0.371 e. The van der Waals surface area contributed by atoms with E-state index in [1.807, 2.05) is 18.2 Å². The molecule has 148 valence electrons. The van der Waals surface area contributed by atoms with E-state index >= 15 is 0 Å². The average Bonchev–Trinajstić information content (AvgIpc) is 2.98. The van der Waals surface area contributed by atoms with Crippen molar-refractivity contribution in [3.63, 3.8) is 0 Å². The highest BCUT2D eigenvalue weighted by atomic mass is 79.9. The highest BCUT2D eigenvalue weighted by Crippen LogP contribution is 2.35. The van der Waals surface area contributed by atoms with Crippen LogP contribution in [0.1, 0.15) is 30.5 Å². The van der Waals surface area contributed by atoms with Gasteiger partial charge in [0.05, 0.1) is 28.8 Å². The lowest BCUT2D eigenvalue weighted by molar-refractivity contribution is -0.123. The molecule has 1 aliphatic heterocycles. The summed E-state index contributed by atoms with van der Waals surface area (Å²) >= 11 is 4.53. The Balaban J connectivity index is 1.83. The molecule has 0 aromatic heterocycles. The molecule has 2 aromatic carbocycles. The summed E-state index contributed by atoms with van der Waals surface area (Å²) in [4.78, 5) is 29.0. The first kappa shape index (κ1) is 21.2. The summed E-state index contributed by atoms with van der Waals surface area (Å²) in [6, 6.07) is 15.0. The maximum Gasteiger partial charge on any atom is 0.293 e. The minimum atomic E-state index is -0.336. The number of anilines is 1. The van der Waals surface area contributed by atoms with E-state index in [4.69, 9.17) is 0 Å². The van der Waals surface area contributed by atoms with E-state index in [0.29, 0.717) is 16.0 Å². The predicted octanol–water partition coefficient (Wildman–Crippen LogP) is 5.40. The van der Waals surface area contributed by atoms with Crippen LogP contribution in [0.3, 0.4) is 0 Å². The lowest BCUT2D eigenvalue weighted by Crippen LogP contribution is -2.27. The van der Waals surface area contributed by atoms with Gasteiger partial charge in [-0.3, -0.25) is 14.5 Å². The van der Waals surface area contributed by atoms with Gasteiger partial charge in [-0.2, -0.15) is 5.26 Å². The molecule has 0 saturated carbocycles. The summed E-state index contributed by atoms with van der Waals surface area (Å²) in [6.45, 7) is 6.10. The summed E-state index contributed by atoms with van der Waals surface area (Å²) in [7, 11) is 0. The molecule has 2 amide bonds. The van der Waals surface area contributed by atoms with Gasteiger partial charge in [-0.1, -0.05) is 24.3 Å². The van der Waals surface area contributed by atoms with Crippen LogP contribution in [-0.4, -0.2) is 29.1 Å². The molecule has 29 heavy (non-hydrogen) atoms. The fourth-order valence-corrected chi connectivity index (χ4v) is 4.64. The van der Waals surface area contributed by atoms with Gasteiger partial charge < -0.3 is 4.90 Å². The molecule has 7 heteroatoms. The van der Waals surface area contributed by atoms with Crippen molar-refractivity contribution in [2.45, 2.75) is 20.4 Å². The molecule has 1 fully saturated rings. The second-order valence-corrected chi connectivity index (χ2v) is 8.27. The molecule has 0 aliphatic carbocycles. The molecule has 1 heterocycles. The first-order chi connectivity index (χ1) is 14.0. The van der Waals surface area contributed by atoms with Crippen LogP contribution in [0.25, 0.3) is 6.08 Å². The SMILES string of the molecule is CCN(CC)c1ccc(/C=C2/SC(=O)N(Cc3ccccc3C#N)C2=O)cc1Br. The van der Waals surface area contributed by atoms with Crippen LogP contribution in [0, 0.1) is 11.3 Å². The smallest absolute Gasteiger partial charge is 0.293 e. The second kappa shape index (κ2) is 9.29. The number of thioether (sulfide) groups is 1. The average molecular weight is 470 g/mol. The number of imide groups is 1. The summed E-state index contributed by atoms with van der Waals surface area (Å²) in [6.07, 6.45) is 1.73. The Hall–Kier alpha value is -2.56. The number of rotatable bonds is 6. The number of nitriles is 1. The van der Waals surface area contributed by atoms with Crippen molar-refractivity contribution in [1.82, 2.24) is 4.90 Å². The van der Waals surface area contributed by atoms with E-state index in [9.17, 15) is 14.9 Å². The zero-order valence-electron chi connectivity index (χ0n) is 16.2. The fraction of sp³-hybridized carbons (Fsp3) is 0.227. The van der Waals surface area contributed by atoms with E-state index in [1.54, 1.807) is 30.3 Å². The number of carbonyl (C=O) groups excluding carboxylic acids is 2. The normalized spacial score (nSPS) is 15.1. The Morgan fingerprint density at radius 3 is 2.55 bits per heavy atom. The number of carbonyl (C=O) groups is 2. The molecule has 0 bridgehead atoms. The summed E-state index contributed by atoms with van der Waals surface area (Å²) < 4.78 is 0.942. The van der Waals surface area contributed by atoms with Crippen molar-refractivity contribution in [2.24, 2.45) is 0 Å². The third kappa shape index (κ3) is 4.55. The van der Waals surface area contributed by atoms with E-state index < -0.39 is 0 Å². The van der Waals surface area contributed by atoms with Gasteiger partial charge in [-0.05, 0) is 76.9 Å². The lowest BCUT2D eigenvalue weighted by atomic mass is 10.1. The van der Waals surface area contributed by atoms with Gasteiger partial charge in [-0.15, -0.1) is 0 Å². The zero-order valence-corrected chi connectivity index (χ0v) is 18.6. The van der Waals surface area contributed by atoms with E-state index in [2.05, 4.69) is 40.7 Å². The molecule has 2 aromatic rings. The van der Waals surface area contributed by atoms with Crippen LogP contribution in [0.5, 0.6) is 0 Å². The van der Waals surface area contributed by atoms with E-state index in [1.165, 1.54) is 4.90 Å². The Kier molecular flexibility index (Phi) is 6.78. The predicted molar refractivity (Wildman–Crippen MR) is 120 cm³/mol. The quantitative estimate of drug-likeness (QED) is 0.529. The molecule has 1 aliphatic rings. The topological polar surface area (TPSA) is 64.4 Å². The van der Waals surface area contributed by atoms with Gasteiger partial charge in [-0.25, -0.2) is 0 Å². The number of halogens is 1. The van der Waals surface area contributed by atoms with Crippen molar-refractivity contribution in [1.29, 1.82) is 5.26 Å². The molecule has 5 nitrogen and oxygen atoms in total. The third-order valence-electron chi connectivity index (χ3n) is 4.71. The minimum absolute atomic E-state index is 0.0936. The Labute approximate surface area is 183 Å². The van der Waals surface area contributed by atoms with Crippen molar-refractivity contribution >= 4 is 50.6 Å². The summed E-state index contributed by atoms with van der Waals surface area (Å²) in [5.74, 6) is -0.336. The van der Waals surface area contributed by atoms with Gasteiger partial charge in [0, 0.05) is 17.6 Å². The number of benzene rings is 2. The maximum absolute atomic E-state index is 12.8. The van der Waals surface area contributed by atoms with Gasteiger partial charge in [0.25, 0.3) is 11.1 Å². The molecule has 0 radical (unpaired) electrons. The highest BCUT2D eigenvalue weighted by molar-refractivity contribution is 9.10. The number of amides is 2. The first-order valence-electron chi connectivity index (χ1n) is 9.26. The Morgan fingerprint density at radius 1 is 1.17 bits per heavy atom. The van der Waals surface area contributed by atoms with Crippen LogP contribution < -0.4 is 4.90 Å². The van der Waals surface area contributed by atoms with Crippen LogP contribution in [0.4, 0.5) is 10.5 Å². The molecule has 1 saturated heterocycles. The van der Waals surface area contributed by atoms with Crippen molar-refractivity contribution in [3.8, 4) is 6.07 Å². The number of hydrogen-bond donors (Lipinski definition) is 0. The lowest BCUT2D eigenvalue weighted by Gasteiger charge is -2.22. The van der Waals surface area contributed by atoms with Gasteiger partial charge in [0.1, 0.15) is 0 Å². The highest BCUT2D eigenvalue weighted by Gasteiger charge is 2.35. The van der Waals surface area contributed by atoms with Crippen LogP contribution in [0.2, 0.25) is 0 Å². The Morgan fingerprint density at radius 2 is 1.90 bits per heavy atom. The Bertz CT molecular complexity index is 1020. The molecular weight excluding hydrogens is 450 g/mol. The monoisotopic (exact) mass is 469 g/mol. The first-order valence-corrected chi connectivity index (χ1v) is 10.9. The van der Waals surface area contributed by atoms with Gasteiger partial charge in [0.15, 0.2) is 0 Å². The van der Waals surface area contributed by atoms with Crippen LogP contribution in [-0.2, 0) is 11.3 Å². The molecule has 0 N–H and O–H groups in total. The molecule has 0 unspecified atom stereocenters. The molecule has 0 atom stereocenters. The van der Waals surface area contributed by atoms with Gasteiger partial charge >= 0.3 is 0 Å². The van der Waals surface area contributed by atoms with Crippen molar-refractivity contribution in [3.05, 3.63) is 68.5 Å². The summed E-state index contributed by atoms with van der Waals surface area (Å²) in [5, 5.41) is 8.91. The number of hydrogen-bond acceptors (Lipinski definition) is 5. The number of nitrogens with zero attached hydrogens (tertiary/aromatic N) is 3. The van der Waals surface area contributed by atoms with Gasteiger partial charge in [0.2, 0.25) is 0 Å². The van der Waals surface area contributed by atoms with Crippen molar-refractivity contribution < 1.29 is 9.59 Å². The zero-order chi connectivity index (χ0) is 21.0. The molecule has 0 spiro atoms. The van der Waals surface area contributed by atoms with Crippen molar-refractivity contribution in [2.75, 3.05) is 18.0 Å². The van der Waals surface area contributed by atoms with E-state index in [0.717, 1.165) is 40.6 Å². The fourth-order valence-electron chi connectivity index (χ4n) is 3.16. The van der Waals surface area contributed by atoms with Crippen LogP contribution >= 0.6 is 27.7 Å². The third-order valence-corrected chi connectivity index (χ3v) is 6.26. The minimum Gasteiger partial charge on any atom is -0.371 e. The van der Waals surface area contributed by atoms with E-state index in [-0.39, 0.29) is 17.7 Å². The molecule has 3 rings (SSSR count). The maximum atomic E-state index is 12.8. The van der Waals surface area contributed by atoms with Crippen LogP contribution in [0.15, 0.2) is 51.8 Å². The summed E-state index contributed by atoms with van der Waals surface area (Å²) in [5.41, 5.74) is 3.06. The standard InChI is InChI=1S/C22H20BrN3O2S/c1-3-25(4-2)19-10-9-15(11-18(19)23)12-20-21(27)26(22(28)29-20)14-17-8-6-5-7-16(17)13-24/h5-12H,3-4,14H2,1-2H3/b20-12+. The second-order valence-electron chi connectivity index (χ2n) is 6.42. The molecular formula is C22H20BrN3O2S.